The first-order valence-electron chi connectivity index (χ1n) is 6.29. The standard InChI is InChI=1S/C12H21NO6/c1-6(14)16-8-7(5-13)17-11(15-4)10-9(8)18-12(2,3)19-10/h7-11H,5,13H2,1-4H3/t7?,8-,9+,10?,11-/m1/s1. The maximum absolute atomic E-state index is 11.2. The zero-order valence-corrected chi connectivity index (χ0v) is 11.6. The van der Waals surface area contributed by atoms with Gasteiger partial charge in [-0.25, -0.2) is 0 Å². The topological polar surface area (TPSA) is 89.2 Å². The molecule has 0 amide bonds. The van der Waals surface area contributed by atoms with Crippen LogP contribution in [0.2, 0.25) is 0 Å². The summed E-state index contributed by atoms with van der Waals surface area (Å²) in [6, 6.07) is 0. The maximum Gasteiger partial charge on any atom is 0.303 e. The highest BCUT2D eigenvalue weighted by atomic mass is 16.8. The number of carbonyl (C=O) groups excluding carboxylic acids is 1. The lowest BCUT2D eigenvalue weighted by molar-refractivity contribution is -0.267. The molecule has 0 aromatic heterocycles. The molecule has 0 spiro atoms. The molecule has 0 aromatic carbocycles. The van der Waals surface area contributed by atoms with Crippen molar-refractivity contribution < 1.29 is 28.5 Å². The SMILES string of the molecule is CO[C@@H]1OC(CN)[C@@H](OC(C)=O)[C@@H]2OC(C)(C)OC12. The molecular weight excluding hydrogens is 254 g/mol. The summed E-state index contributed by atoms with van der Waals surface area (Å²) < 4.78 is 27.8. The maximum atomic E-state index is 11.2. The largest absolute Gasteiger partial charge is 0.457 e. The van der Waals surface area contributed by atoms with E-state index in [1.54, 1.807) is 13.8 Å². The van der Waals surface area contributed by atoms with Gasteiger partial charge in [-0.05, 0) is 13.8 Å². The van der Waals surface area contributed by atoms with E-state index < -0.39 is 42.5 Å². The first-order chi connectivity index (χ1) is 8.88. The van der Waals surface area contributed by atoms with Crippen molar-refractivity contribution in [2.45, 2.75) is 57.3 Å². The average Bonchev–Trinajstić information content (AvgIpc) is 2.64. The van der Waals surface area contributed by atoms with Crippen molar-refractivity contribution in [3.8, 4) is 0 Å². The summed E-state index contributed by atoms with van der Waals surface area (Å²) in [6.07, 6.45) is -2.57. The Morgan fingerprint density at radius 2 is 1.95 bits per heavy atom. The van der Waals surface area contributed by atoms with Crippen molar-refractivity contribution in [3.05, 3.63) is 0 Å². The van der Waals surface area contributed by atoms with Crippen LogP contribution in [0.25, 0.3) is 0 Å². The van der Waals surface area contributed by atoms with E-state index in [0.717, 1.165) is 0 Å². The number of esters is 1. The Hall–Kier alpha value is -0.730. The zero-order valence-electron chi connectivity index (χ0n) is 11.6. The zero-order chi connectivity index (χ0) is 14.2. The normalized spacial score (nSPS) is 40.8. The molecule has 0 aromatic rings. The molecule has 7 heteroatoms. The van der Waals surface area contributed by atoms with Crippen LogP contribution in [0.4, 0.5) is 0 Å². The second-order valence-electron chi connectivity index (χ2n) is 5.15. The number of carbonyl (C=O) groups is 1. The van der Waals surface area contributed by atoms with Gasteiger partial charge in [0.2, 0.25) is 0 Å². The number of fused-ring (bicyclic) bond motifs is 1. The lowest BCUT2D eigenvalue weighted by atomic mass is 9.98. The van der Waals surface area contributed by atoms with Crippen LogP contribution in [0.5, 0.6) is 0 Å². The molecular formula is C12H21NO6. The van der Waals surface area contributed by atoms with Crippen molar-refractivity contribution in [2.24, 2.45) is 5.73 Å². The van der Waals surface area contributed by atoms with Gasteiger partial charge in [0.1, 0.15) is 18.3 Å². The van der Waals surface area contributed by atoms with Gasteiger partial charge in [0.15, 0.2) is 18.2 Å². The van der Waals surface area contributed by atoms with Gasteiger partial charge in [0.25, 0.3) is 0 Å². The smallest absolute Gasteiger partial charge is 0.303 e. The number of nitrogens with two attached hydrogens (primary N) is 1. The minimum atomic E-state index is -0.780. The molecule has 2 fully saturated rings. The Balaban J connectivity index is 2.23. The van der Waals surface area contributed by atoms with Gasteiger partial charge in [-0.1, -0.05) is 0 Å². The van der Waals surface area contributed by atoms with E-state index in [1.165, 1.54) is 14.0 Å². The molecule has 2 rings (SSSR count). The average molecular weight is 275 g/mol. The molecule has 0 bridgehead atoms. The number of rotatable bonds is 3. The van der Waals surface area contributed by atoms with Crippen LogP contribution in [0.3, 0.4) is 0 Å². The predicted molar refractivity (Wildman–Crippen MR) is 64.1 cm³/mol. The molecule has 2 N–H and O–H groups in total. The summed E-state index contributed by atoms with van der Waals surface area (Å²) >= 11 is 0. The van der Waals surface area contributed by atoms with Gasteiger partial charge in [-0.3, -0.25) is 4.79 Å². The van der Waals surface area contributed by atoms with Crippen LogP contribution in [0.1, 0.15) is 20.8 Å². The Morgan fingerprint density at radius 1 is 1.32 bits per heavy atom. The summed E-state index contributed by atoms with van der Waals surface area (Å²) in [7, 11) is 1.52. The van der Waals surface area contributed by atoms with Gasteiger partial charge in [0, 0.05) is 20.6 Å². The molecule has 0 radical (unpaired) electrons. The highest BCUT2D eigenvalue weighted by Gasteiger charge is 2.56. The van der Waals surface area contributed by atoms with E-state index in [2.05, 4.69) is 0 Å². The highest BCUT2D eigenvalue weighted by Crippen LogP contribution is 2.38. The fraction of sp³-hybridized carbons (Fsp3) is 0.917. The summed E-state index contributed by atoms with van der Waals surface area (Å²) in [5.74, 6) is -1.19. The summed E-state index contributed by atoms with van der Waals surface area (Å²) in [5, 5.41) is 0. The van der Waals surface area contributed by atoms with E-state index in [4.69, 9.17) is 29.4 Å². The quantitative estimate of drug-likeness (QED) is 0.711. The number of hydrogen-bond acceptors (Lipinski definition) is 7. The number of hydrogen-bond donors (Lipinski definition) is 1. The van der Waals surface area contributed by atoms with E-state index in [9.17, 15) is 4.79 Å². The van der Waals surface area contributed by atoms with Gasteiger partial charge in [-0.15, -0.1) is 0 Å². The van der Waals surface area contributed by atoms with Crippen molar-refractivity contribution >= 4 is 5.97 Å². The Kier molecular flexibility index (Phi) is 4.12. The van der Waals surface area contributed by atoms with E-state index in [1.807, 2.05) is 0 Å². The molecule has 2 aliphatic rings. The third-order valence-corrected chi connectivity index (χ3v) is 3.20. The minimum absolute atomic E-state index is 0.199. The fourth-order valence-corrected chi connectivity index (χ4v) is 2.53. The second kappa shape index (κ2) is 5.34. The second-order valence-corrected chi connectivity index (χ2v) is 5.15. The Morgan fingerprint density at radius 3 is 2.47 bits per heavy atom. The summed E-state index contributed by atoms with van der Waals surface area (Å²) in [6.45, 7) is 5.12. The van der Waals surface area contributed by atoms with E-state index >= 15 is 0 Å². The summed E-state index contributed by atoms with van der Waals surface area (Å²) in [5.41, 5.74) is 5.67. The monoisotopic (exact) mass is 275 g/mol. The van der Waals surface area contributed by atoms with Crippen LogP contribution in [0, 0.1) is 0 Å². The van der Waals surface area contributed by atoms with Gasteiger partial charge >= 0.3 is 5.97 Å². The molecule has 2 unspecified atom stereocenters. The molecule has 0 aliphatic carbocycles. The molecule has 2 heterocycles. The van der Waals surface area contributed by atoms with Crippen molar-refractivity contribution in [3.63, 3.8) is 0 Å². The van der Waals surface area contributed by atoms with Gasteiger partial charge in [-0.2, -0.15) is 0 Å². The number of ether oxygens (including phenoxy) is 5. The molecule has 5 atom stereocenters. The molecule has 7 nitrogen and oxygen atoms in total. The third kappa shape index (κ3) is 2.90. The van der Waals surface area contributed by atoms with Crippen molar-refractivity contribution in [1.29, 1.82) is 0 Å². The van der Waals surface area contributed by atoms with E-state index in [0.29, 0.717) is 0 Å². The van der Waals surface area contributed by atoms with Crippen molar-refractivity contribution in [2.75, 3.05) is 13.7 Å². The first kappa shape index (κ1) is 14.7. The highest BCUT2D eigenvalue weighted by molar-refractivity contribution is 5.66. The van der Waals surface area contributed by atoms with E-state index in [-0.39, 0.29) is 6.54 Å². The van der Waals surface area contributed by atoms with Crippen LogP contribution in [0.15, 0.2) is 0 Å². The Labute approximate surface area is 112 Å². The Bertz CT molecular complexity index is 347. The van der Waals surface area contributed by atoms with Crippen LogP contribution >= 0.6 is 0 Å². The van der Waals surface area contributed by atoms with Gasteiger partial charge in [0.05, 0.1) is 0 Å². The molecule has 2 saturated heterocycles. The van der Waals surface area contributed by atoms with Crippen molar-refractivity contribution in [1.82, 2.24) is 0 Å². The minimum Gasteiger partial charge on any atom is -0.457 e. The van der Waals surface area contributed by atoms with Crippen LogP contribution < -0.4 is 5.73 Å². The summed E-state index contributed by atoms with van der Waals surface area (Å²) in [4.78, 5) is 11.2. The van der Waals surface area contributed by atoms with Crippen LogP contribution in [-0.2, 0) is 28.5 Å². The lowest BCUT2D eigenvalue weighted by Crippen LogP contribution is -2.59. The van der Waals surface area contributed by atoms with Crippen LogP contribution in [-0.4, -0.2) is 56.1 Å². The molecule has 0 saturated carbocycles. The molecule has 110 valence electrons. The fourth-order valence-electron chi connectivity index (χ4n) is 2.53. The van der Waals surface area contributed by atoms with Gasteiger partial charge < -0.3 is 29.4 Å². The predicted octanol–water partition coefficient (Wildman–Crippen LogP) is -0.232. The molecule has 2 aliphatic heterocycles. The number of methoxy groups -OCH3 is 1. The molecule has 19 heavy (non-hydrogen) atoms. The lowest BCUT2D eigenvalue weighted by Gasteiger charge is -2.40. The third-order valence-electron chi connectivity index (χ3n) is 3.20. The first-order valence-corrected chi connectivity index (χ1v) is 6.29.